The van der Waals surface area contributed by atoms with Gasteiger partial charge in [-0.25, -0.2) is 0 Å². The number of amides is 2. The van der Waals surface area contributed by atoms with Gasteiger partial charge < -0.3 is 14.2 Å². The third-order valence-electron chi connectivity index (χ3n) is 3.99. The van der Waals surface area contributed by atoms with Crippen molar-refractivity contribution in [3.05, 3.63) is 52.9 Å². The van der Waals surface area contributed by atoms with Crippen molar-refractivity contribution in [2.24, 2.45) is 5.92 Å². The molecule has 0 aliphatic carbocycles. The van der Waals surface area contributed by atoms with Crippen molar-refractivity contribution >= 4 is 33.4 Å². The summed E-state index contributed by atoms with van der Waals surface area (Å²) in [7, 11) is 1.69. The van der Waals surface area contributed by atoms with Gasteiger partial charge in [0, 0.05) is 23.8 Å². The van der Waals surface area contributed by atoms with Gasteiger partial charge in [-0.15, -0.1) is 0 Å². The zero-order chi connectivity index (χ0) is 16.4. The molecule has 1 aliphatic rings. The maximum Gasteiger partial charge on any atom is 0.239 e. The summed E-state index contributed by atoms with van der Waals surface area (Å²) < 4.78 is 6.21. The van der Waals surface area contributed by atoms with Crippen LogP contribution in [0.2, 0.25) is 0 Å². The quantitative estimate of drug-likeness (QED) is 0.770. The summed E-state index contributed by atoms with van der Waals surface area (Å²) in [5, 5.41) is 0. The molecule has 5 nitrogen and oxygen atoms in total. The third kappa shape index (κ3) is 3.32. The van der Waals surface area contributed by atoms with Gasteiger partial charge in [0.15, 0.2) is 0 Å². The van der Waals surface area contributed by atoms with Crippen LogP contribution in [0.4, 0.5) is 5.69 Å². The predicted octanol–water partition coefficient (Wildman–Crippen LogP) is 3.05. The summed E-state index contributed by atoms with van der Waals surface area (Å²) in [6, 6.07) is 11.1. The Morgan fingerprint density at radius 2 is 2.09 bits per heavy atom. The van der Waals surface area contributed by atoms with Gasteiger partial charge in [-0.3, -0.25) is 9.59 Å². The molecule has 0 spiro atoms. The lowest BCUT2D eigenvalue weighted by atomic mass is 10.1. The molecule has 1 unspecified atom stereocenters. The minimum atomic E-state index is -0.612. The van der Waals surface area contributed by atoms with Crippen LogP contribution in [0, 0.1) is 5.92 Å². The molecule has 1 saturated heterocycles. The number of anilines is 1. The van der Waals surface area contributed by atoms with Crippen molar-refractivity contribution in [1.82, 2.24) is 4.90 Å². The molecule has 1 aliphatic heterocycles. The van der Waals surface area contributed by atoms with E-state index in [1.54, 1.807) is 29.2 Å². The van der Waals surface area contributed by atoms with Gasteiger partial charge >= 0.3 is 0 Å². The Hall–Kier alpha value is -2.08. The largest absolute Gasteiger partial charge is 0.467 e. The molecular weight excluding hydrogens is 360 g/mol. The van der Waals surface area contributed by atoms with E-state index in [2.05, 4.69) is 15.9 Å². The van der Waals surface area contributed by atoms with E-state index in [1.807, 2.05) is 30.3 Å². The Morgan fingerprint density at radius 1 is 1.35 bits per heavy atom. The number of benzene rings is 1. The smallest absolute Gasteiger partial charge is 0.239 e. The van der Waals surface area contributed by atoms with Crippen LogP contribution in [0.3, 0.4) is 0 Å². The molecule has 2 amide bonds. The maximum absolute atomic E-state index is 12.6. The van der Waals surface area contributed by atoms with E-state index in [1.165, 1.54) is 0 Å². The van der Waals surface area contributed by atoms with Gasteiger partial charge in [-0.1, -0.05) is 15.9 Å². The van der Waals surface area contributed by atoms with Crippen LogP contribution < -0.4 is 4.90 Å². The Kier molecular flexibility index (Phi) is 4.52. The highest BCUT2D eigenvalue weighted by Crippen LogP contribution is 2.27. The Balaban J connectivity index is 1.68. The van der Waals surface area contributed by atoms with Gasteiger partial charge in [0.2, 0.25) is 11.8 Å². The number of rotatable bonds is 4. The second-order valence-corrected chi connectivity index (χ2v) is 6.50. The van der Waals surface area contributed by atoms with E-state index >= 15 is 0 Å². The lowest BCUT2D eigenvalue weighted by Gasteiger charge is -2.20. The number of hydrogen-bond acceptors (Lipinski definition) is 3. The Bertz CT molecular complexity index is 697. The fourth-order valence-electron chi connectivity index (χ4n) is 2.77. The highest BCUT2D eigenvalue weighted by atomic mass is 79.9. The van der Waals surface area contributed by atoms with E-state index in [0.29, 0.717) is 25.3 Å². The van der Waals surface area contributed by atoms with Crippen LogP contribution in [-0.2, 0) is 16.1 Å². The molecule has 23 heavy (non-hydrogen) atoms. The summed E-state index contributed by atoms with van der Waals surface area (Å²) in [5.74, 6) is -0.204. The molecule has 3 rings (SSSR count). The average Bonchev–Trinajstić information content (AvgIpc) is 3.17. The number of furan rings is 1. The Labute approximate surface area is 143 Å². The summed E-state index contributed by atoms with van der Waals surface area (Å²) in [4.78, 5) is 28.3. The molecule has 6 heteroatoms. The standard InChI is InChI=1S/C17H17BrN2O3/c1-19(11-14-3-2-10-23-14)16(21)15-8-9-20(17(15)22)13-6-4-12(18)5-7-13/h2-7,10,15H,8-9,11H2,1H3. The molecule has 1 aromatic heterocycles. The van der Waals surface area contributed by atoms with Crippen molar-refractivity contribution < 1.29 is 14.0 Å². The highest BCUT2D eigenvalue weighted by Gasteiger charge is 2.39. The minimum Gasteiger partial charge on any atom is -0.467 e. The van der Waals surface area contributed by atoms with Crippen LogP contribution in [0.15, 0.2) is 51.6 Å². The highest BCUT2D eigenvalue weighted by molar-refractivity contribution is 9.10. The zero-order valence-corrected chi connectivity index (χ0v) is 14.3. The zero-order valence-electron chi connectivity index (χ0n) is 12.7. The summed E-state index contributed by atoms with van der Waals surface area (Å²) in [6.45, 7) is 0.930. The van der Waals surface area contributed by atoms with Crippen molar-refractivity contribution in [2.75, 3.05) is 18.5 Å². The summed E-state index contributed by atoms with van der Waals surface area (Å²) in [6.07, 6.45) is 2.11. The van der Waals surface area contributed by atoms with Crippen LogP contribution >= 0.6 is 15.9 Å². The summed E-state index contributed by atoms with van der Waals surface area (Å²) in [5.41, 5.74) is 0.821. The second kappa shape index (κ2) is 6.58. The van der Waals surface area contributed by atoms with E-state index in [4.69, 9.17) is 4.42 Å². The molecule has 0 N–H and O–H groups in total. The molecule has 1 fully saturated rings. The molecule has 1 atom stereocenters. The van der Waals surface area contributed by atoms with Gasteiger partial charge in [-0.2, -0.15) is 0 Å². The first-order valence-electron chi connectivity index (χ1n) is 7.40. The van der Waals surface area contributed by atoms with Gasteiger partial charge in [0.1, 0.15) is 11.7 Å². The van der Waals surface area contributed by atoms with Gasteiger partial charge in [0.25, 0.3) is 0 Å². The number of halogens is 1. The van der Waals surface area contributed by atoms with Crippen LogP contribution in [0.25, 0.3) is 0 Å². The van der Waals surface area contributed by atoms with Crippen LogP contribution in [-0.4, -0.2) is 30.3 Å². The molecule has 1 aromatic carbocycles. The Morgan fingerprint density at radius 3 is 2.74 bits per heavy atom. The van der Waals surface area contributed by atoms with Crippen molar-refractivity contribution in [2.45, 2.75) is 13.0 Å². The first kappa shape index (κ1) is 15.8. The minimum absolute atomic E-state index is 0.136. The van der Waals surface area contributed by atoms with Crippen molar-refractivity contribution in [3.63, 3.8) is 0 Å². The molecule has 2 heterocycles. The lowest BCUT2D eigenvalue weighted by molar-refractivity contribution is -0.139. The molecule has 120 valence electrons. The topological polar surface area (TPSA) is 53.8 Å². The van der Waals surface area contributed by atoms with E-state index in [-0.39, 0.29) is 11.8 Å². The number of nitrogens with zero attached hydrogens (tertiary/aromatic N) is 2. The van der Waals surface area contributed by atoms with Crippen LogP contribution in [0.5, 0.6) is 0 Å². The SMILES string of the molecule is CN(Cc1ccco1)C(=O)C1CCN(c2ccc(Br)cc2)C1=O. The van der Waals surface area contributed by atoms with E-state index in [9.17, 15) is 9.59 Å². The molecule has 0 bridgehead atoms. The molecular formula is C17H17BrN2O3. The normalized spacial score (nSPS) is 17.6. The lowest BCUT2D eigenvalue weighted by Crippen LogP contribution is -2.37. The maximum atomic E-state index is 12.6. The second-order valence-electron chi connectivity index (χ2n) is 5.58. The van der Waals surface area contributed by atoms with E-state index < -0.39 is 5.92 Å². The first-order chi connectivity index (χ1) is 11.1. The molecule has 2 aromatic rings. The van der Waals surface area contributed by atoms with Gasteiger partial charge in [0.05, 0.1) is 12.8 Å². The number of carbonyl (C=O) groups excluding carboxylic acids is 2. The fraction of sp³-hybridized carbons (Fsp3) is 0.294. The number of carbonyl (C=O) groups is 2. The van der Waals surface area contributed by atoms with Crippen LogP contribution in [0.1, 0.15) is 12.2 Å². The van der Waals surface area contributed by atoms with Crippen molar-refractivity contribution in [3.8, 4) is 0 Å². The first-order valence-corrected chi connectivity index (χ1v) is 8.20. The van der Waals surface area contributed by atoms with Gasteiger partial charge in [-0.05, 0) is 42.8 Å². The fourth-order valence-corrected chi connectivity index (χ4v) is 3.03. The monoisotopic (exact) mass is 376 g/mol. The predicted molar refractivity (Wildman–Crippen MR) is 89.8 cm³/mol. The molecule has 0 saturated carbocycles. The van der Waals surface area contributed by atoms with E-state index in [0.717, 1.165) is 10.2 Å². The third-order valence-corrected chi connectivity index (χ3v) is 4.52. The summed E-state index contributed by atoms with van der Waals surface area (Å²) >= 11 is 3.38. The molecule has 0 radical (unpaired) electrons. The average molecular weight is 377 g/mol. The van der Waals surface area contributed by atoms with Crippen molar-refractivity contribution in [1.29, 1.82) is 0 Å². The number of hydrogen-bond donors (Lipinski definition) is 0.